The Kier molecular flexibility index (Phi) is 3.59. The lowest BCUT2D eigenvalue weighted by molar-refractivity contribution is -0.207. The van der Waals surface area contributed by atoms with Gasteiger partial charge in [-0.25, -0.2) is 9.50 Å². The summed E-state index contributed by atoms with van der Waals surface area (Å²) in [5.41, 5.74) is 6.79. The molecule has 3 N–H and O–H groups in total. The van der Waals surface area contributed by atoms with Gasteiger partial charge in [-0.05, 0) is 49.4 Å². The summed E-state index contributed by atoms with van der Waals surface area (Å²) in [5, 5.41) is 14.0. The van der Waals surface area contributed by atoms with Gasteiger partial charge in [-0.1, -0.05) is 0 Å². The number of aliphatic hydroxyl groups excluding tert-OH is 1. The number of anilines is 1. The largest absolute Gasteiger partial charge is 0.394 e. The van der Waals surface area contributed by atoms with Crippen LogP contribution < -0.4 is 5.73 Å². The summed E-state index contributed by atoms with van der Waals surface area (Å²) in [6.45, 7) is 5.53. The highest BCUT2D eigenvalue weighted by atomic mass is 127. The number of aliphatic hydroxyl groups is 1. The fraction of sp³-hybridized carbons (Fsp3) is 0.600. The van der Waals surface area contributed by atoms with Crippen LogP contribution in [0, 0.1) is 3.57 Å². The van der Waals surface area contributed by atoms with Gasteiger partial charge in [0.05, 0.1) is 12.3 Å². The third-order valence-electron chi connectivity index (χ3n) is 4.62. The molecular formula is C15H19IN4O4. The molecule has 0 bridgehead atoms. The zero-order valence-corrected chi connectivity index (χ0v) is 15.7. The molecule has 4 atom stereocenters. The number of rotatable bonds is 2. The van der Waals surface area contributed by atoms with Crippen LogP contribution in [0.5, 0.6) is 0 Å². The standard InChI is InChI=1S/C15H19IN4O4/c1-14(2)23-12-9(5-21)22-11(15(12,3)24-14)8-4-7(16)10-13(17)18-6-19-20(8)10/h4,6,9,11-12,21H,5H2,1-3H3,(H2,17,18,19)/t9-,11+,12-,15+/m1/s1. The van der Waals surface area contributed by atoms with Crippen LogP contribution in [0.3, 0.4) is 0 Å². The number of aromatic nitrogens is 3. The van der Waals surface area contributed by atoms with Gasteiger partial charge >= 0.3 is 0 Å². The second kappa shape index (κ2) is 5.24. The molecule has 24 heavy (non-hydrogen) atoms. The van der Waals surface area contributed by atoms with Gasteiger partial charge in [-0.2, -0.15) is 5.10 Å². The summed E-state index contributed by atoms with van der Waals surface area (Å²) in [4.78, 5) is 4.05. The number of fused-ring (bicyclic) bond motifs is 2. The van der Waals surface area contributed by atoms with Crippen molar-refractivity contribution in [2.24, 2.45) is 0 Å². The molecule has 4 heterocycles. The van der Waals surface area contributed by atoms with Crippen molar-refractivity contribution in [2.45, 2.75) is 50.5 Å². The Hall–Kier alpha value is -1.01. The van der Waals surface area contributed by atoms with Crippen molar-refractivity contribution in [3.05, 3.63) is 21.7 Å². The van der Waals surface area contributed by atoms with Gasteiger partial charge in [0.15, 0.2) is 11.6 Å². The minimum absolute atomic E-state index is 0.145. The van der Waals surface area contributed by atoms with Gasteiger partial charge in [0.1, 0.15) is 35.8 Å². The second-order valence-electron chi connectivity index (χ2n) is 6.78. The van der Waals surface area contributed by atoms with Gasteiger partial charge in [0, 0.05) is 3.57 Å². The maximum atomic E-state index is 9.71. The van der Waals surface area contributed by atoms with Crippen molar-refractivity contribution in [3.63, 3.8) is 0 Å². The van der Waals surface area contributed by atoms with Crippen LogP contribution in [-0.2, 0) is 14.2 Å². The van der Waals surface area contributed by atoms with Crippen LogP contribution in [-0.4, -0.2) is 49.9 Å². The van der Waals surface area contributed by atoms with Crippen LogP contribution in [0.2, 0.25) is 0 Å². The lowest BCUT2D eigenvalue weighted by Gasteiger charge is -2.29. The van der Waals surface area contributed by atoms with Crippen LogP contribution in [0.25, 0.3) is 5.52 Å². The Morgan fingerprint density at radius 3 is 2.88 bits per heavy atom. The Labute approximate surface area is 152 Å². The van der Waals surface area contributed by atoms with E-state index in [0.29, 0.717) is 5.82 Å². The molecule has 4 rings (SSSR count). The first-order valence-electron chi connectivity index (χ1n) is 7.69. The van der Waals surface area contributed by atoms with Crippen molar-refractivity contribution in [1.82, 2.24) is 14.6 Å². The van der Waals surface area contributed by atoms with E-state index in [9.17, 15) is 5.11 Å². The predicted octanol–water partition coefficient (Wildman–Crippen LogP) is 1.26. The molecule has 0 spiro atoms. The molecule has 0 aliphatic carbocycles. The van der Waals surface area contributed by atoms with Crippen molar-refractivity contribution in [3.8, 4) is 0 Å². The monoisotopic (exact) mass is 446 g/mol. The summed E-state index contributed by atoms with van der Waals surface area (Å²) < 4.78 is 20.9. The van der Waals surface area contributed by atoms with Gasteiger partial charge in [-0.15, -0.1) is 0 Å². The minimum Gasteiger partial charge on any atom is -0.394 e. The Bertz CT molecular complexity index is 810. The van der Waals surface area contributed by atoms with Gasteiger partial charge in [0.2, 0.25) is 0 Å². The van der Waals surface area contributed by atoms with E-state index in [0.717, 1.165) is 14.8 Å². The second-order valence-corrected chi connectivity index (χ2v) is 7.95. The number of ether oxygens (including phenoxy) is 3. The normalized spacial score (nSPS) is 34.8. The Morgan fingerprint density at radius 1 is 1.42 bits per heavy atom. The van der Waals surface area contributed by atoms with E-state index >= 15 is 0 Å². The van der Waals surface area contributed by atoms with Gasteiger partial charge in [0.25, 0.3) is 0 Å². The molecular weight excluding hydrogens is 427 g/mol. The third-order valence-corrected chi connectivity index (χ3v) is 5.45. The topological polar surface area (TPSA) is 104 Å². The number of nitrogens with two attached hydrogens (primary N) is 1. The highest BCUT2D eigenvalue weighted by Crippen LogP contribution is 2.53. The van der Waals surface area contributed by atoms with E-state index in [1.54, 1.807) is 4.52 Å². The number of nitrogens with zero attached hydrogens (tertiary/aromatic N) is 3. The highest BCUT2D eigenvalue weighted by molar-refractivity contribution is 14.1. The van der Waals surface area contributed by atoms with Crippen molar-refractivity contribution in [1.29, 1.82) is 0 Å². The molecule has 0 radical (unpaired) electrons. The quantitative estimate of drug-likeness (QED) is 0.670. The molecule has 0 aromatic carbocycles. The Morgan fingerprint density at radius 2 is 2.17 bits per heavy atom. The smallest absolute Gasteiger partial charge is 0.164 e. The number of hydrogen-bond donors (Lipinski definition) is 2. The summed E-state index contributed by atoms with van der Waals surface area (Å²) in [6.07, 6.45) is 0.122. The molecule has 2 aliphatic heterocycles. The molecule has 2 aliphatic rings. The van der Waals surface area contributed by atoms with Crippen molar-refractivity contribution >= 4 is 33.9 Å². The molecule has 8 nitrogen and oxygen atoms in total. The zero-order valence-electron chi connectivity index (χ0n) is 13.6. The summed E-state index contributed by atoms with van der Waals surface area (Å²) in [6, 6.07) is 1.96. The molecule has 0 unspecified atom stereocenters. The van der Waals surface area contributed by atoms with E-state index in [4.69, 9.17) is 19.9 Å². The van der Waals surface area contributed by atoms with E-state index < -0.39 is 23.6 Å². The molecule has 0 saturated carbocycles. The minimum atomic E-state index is -0.747. The fourth-order valence-electron chi connectivity index (χ4n) is 3.80. The van der Waals surface area contributed by atoms with E-state index in [1.165, 1.54) is 6.33 Å². The van der Waals surface area contributed by atoms with E-state index in [1.807, 2.05) is 26.8 Å². The zero-order chi connectivity index (χ0) is 17.3. The first kappa shape index (κ1) is 16.5. The first-order valence-corrected chi connectivity index (χ1v) is 8.76. The van der Waals surface area contributed by atoms with Crippen LogP contribution in [0.1, 0.15) is 32.6 Å². The molecule has 130 valence electrons. The molecule has 9 heteroatoms. The first-order chi connectivity index (χ1) is 11.3. The van der Waals surface area contributed by atoms with Gasteiger partial charge in [-0.3, -0.25) is 0 Å². The molecule has 2 aromatic rings. The lowest BCUT2D eigenvalue weighted by Crippen LogP contribution is -2.40. The number of halogens is 1. The van der Waals surface area contributed by atoms with Crippen LogP contribution in [0.15, 0.2) is 12.4 Å². The van der Waals surface area contributed by atoms with Crippen molar-refractivity contribution < 1.29 is 19.3 Å². The van der Waals surface area contributed by atoms with Crippen LogP contribution >= 0.6 is 22.6 Å². The molecule has 2 aromatic heterocycles. The highest BCUT2D eigenvalue weighted by Gasteiger charge is 2.64. The average Bonchev–Trinajstić information content (AvgIpc) is 3.04. The maximum absolute atomic E-state index is 9.71. The molecule has 0 amide bonds. The number of hydrogen-bond acceptors (Lipinski definition) is 7. The SMILES string of the molecule is CC1(C)O[C@@H]2[C@@H](CO)O[C@@H](c3cc(I)c4c(N)ncnn34)[C@]2(C)O1. The van der Waals surface area contributed by atoms with E-state index in [2.05, 4.69) is 32.7 Å². The predicted molar refractivity (Wildman–Crippen MR) is 93.3 cm³/mol. The van der Waals surface area contributed by atoms with Crippen LogP contribution in [0.4, 0.5) is 5.82 Å². The maximum Gasteiger partial charge on any atom is 0.164 e. The number of nitrogen functional groups attached to an aromatic ring is 1. The van der Waals surface area contributed by atoms with E-state index in [-0.39, 0.29) is 12.7 Å². The fourth-order valence-corrected chi connectivity index (χ4v) is 4.62. The van der Waals surface area contributed by atoms with Crippen molar-refractivity contribution in [2.75, 3.05) is 12.3 Å². The summed E-state index contributed by atoms with van der Waals surface area (Å²) >= 11 is 2.20. The summed E-state index contributed by atoms with van der Waals surface area (Å²) in [5.74, 6) is -0.341. The lowest BCUT2D eigenvalue weighted by atomic mass is 9.91. The Balaban J connectivity index is 1.87. The molecule has 2 fully saturated rings. The average molecular weight is 446 g/mol. The third kappa shape index (κ3) is 2.18. The molecule has 2 saturated heterocycles. The summed E-state index contributed by atoms with van der Waals surface area (Å²) in [7, 11) is 0. The van der Waals surface area contributed by atoms with Gasteiger partial charge < -0.3 is 25.1 Å².